The normalized spacial score (nSPS) is 14.2. The summed E-state index contributed by atoms with van der Waals surface area (Å²) in [5.74, 6) is 1.11. The van der Waals surface area contributed by atoms with Gasteiger partial charge in [-0.25, -0.2) is 4.98 Å². The molecule has 0 saturated heterocycles. The van der Waals surface area contributed by atoms with Crippen LogP contribution in [0.4, 0.5) is 5.69 Å². The number of para-hydroxylation sites is 1. The molecule has 0 unspecified atom stereocenters. The topological polar surface area (TPSA) is 81.2 Å². The monoisotopic (exact) mass is 333 g/mol. The first-order valence-corrected chi connectivity index (χ1v) is 8.30. The number of carbonyl (C=O) groups is 1. The van der Waals surface area contributed by atoms with E-state index in [0.29, 0.717) is 28.5 Å². The molecule has 1 fully saturated rings. The van der Waals surface area contributed by atoms with Crippen molar-refractivity contribution in [1.29, 1.82) is 0 Å². The van der Waals surface area contributed by atoms with Gasteiger partial charge in [0.05, 0.1) is 6.42 Å². The Hall–Kier alpha value is -3.15. The van der Waals surface area contributed by atoms with E-state index < -0.39 is 0 Å². The molecule has 124 valence electrons. The Labute approximate surface area is 142 Å². The third kappa shape index (κ3) is 2.65. The fourth-order valence-electron chi connectivity index (χ4n) is 2.95. The van der Waals surface area contributed by atoms with E-state index in [1.807, 2.05) is 42.5 Å². The quantitative estimate of drug-likeness (QED) is 0.610. The molecule has 0 radical (unpaired) electrons. The number of anilines is 1. The number of amides is 1. The fourth-order valence-corrected chi connectivity index (χ4v) is 2.95. The lowest BCUT2D eigenvalue weighted by Crippen LogP contribution is -2.14. The molecule has 6 nitrogen and oxygen atoms in total. The highest BCUT2D eigenvalue weighted by atomic mass is 16.5. The number of oxazole rings is 1. The van der Waals surface area contributed by atoms with Crippen LogP contribution in [-0.4, -0.2) is 16.0 Å². The minimum Gasteiger partial charge on any atom is -0.440 e. The molecule has 0 spiro atoms. The predicted molar refractivity (Wildman–Crippen MR) is 92.3 cm³/mol. The fraction of sp³-hybridized carbons (Fsp3) is 0.211. The number of hydrogen-bond acceptors (Lipinski definition) is 5. The Kier molecular flexibility index (Phi) is 3.09. The second-order valence-corrected chi connectivity index (χ2v) is 6.36. The van der Waals surface area contributed by atoms with Crippen LogP contribution < -0.4 is 5.32 Å². The summed E-state index contributed by atoms with van der Waals surface area (Å²) >= 11 is 0. The molecule has 1 saturated carbocycles. The average Bonchev–Trinajstić information content (AvgIpc) is 3.27. The van der Waals surface area contributed by atoms with Crippen LogP contribution in [-0.2, 0) is 11.2 Å². The molecule has 5 rings (SSSR count). The SMILES string of the molecule is O=C(Cc1noc2ccccc12)Nc1ccc2nc(C3CC3)oc2c1. The highest BCUT2D eigenvalue weighted by Crippen LogP contribution is 2.40. The lowest BCUT2D eigenvalue weighted by molar-refractivity contribution is -0.115. The van der Waals surface area contributed by atoms with Crippen molar-refractivity contribution in [1.82, 2.24) is 10.1 Å². The van der Waals surface area contributed by atoms with Gasteiger partial charge in [-0.15, -0.1) is 0 Å². The van der Waals surface area contributed by atoms with E-state index in [1.54, 1.807) is 0 Å². The van der Waals surface area contributed by atoms with E-state index in [9.17, 15) is 4.79 Å². The van der Waals surface area contributed by atoms with E-state index in [4.69, 9.17) is 8.94 Å². The van der Waals surface area contributed by atoms with Gasteiger partial charge in [0.25, 0.3) is 0 Å². The van der Waals surface area contributed by atoms with Gasteiger partial charge in [0.1, 0.15) is 11.2 Å². The van der Waals surface area contributed by atoms with E-state index >= 15 is 0 Å². The molecule has 2 aromatic heterocycles. The summed E-state index contributed by atoms with van der Waals surface area (Å²) in [7, 11) is 0. The smallest absolute Gasteiger partial charge is 0.230 e. The van der Waals surface area contributed by atoms with Gasteiger partial charge < -0.3 is 14.3 Å². The van der Waals surface area contributed by atoms with Gasteiger partial charge in [0.15, 0.2) is 17.1 Å². The van der Waals surface area contributed by atoms with Crippen molar-refractivity contribution in [2.75, 3.05) is 5.32 Å². The zero-order chi connectivity index (χ0) is 16.8. The number of aromatic nitrogens is 2. The highest BCUT2D eigenvalue weighted by Gasteiger charge is 2.28. The van der Waals surface area contributed by atoms with Crippen LogP contribution in [0.1, 0.15) is 30.3 Å². The van der Waals surface area contributed by atoms with E-state index in [1.165, 1.54) is 0 Å². The van der Waals surface area contributed by atoms with Gasteiger partial charge in [-0.1, -0.05) is 17.3 Å². The Morgan fingerprint density at radius 2 is 2.04 bits per heavy atom. The van der Waals surface area contributed by atoms with Crippen LogP contribution in [0.2, 0.25) is 0 Å². The lowest BCUT2D eigenvalue weighted by Gasteiger charge is -2.03. The number of carbonyl (C=O) groups excluding carboxylic acids is 1. The molecule has 25 heavy (non-hydrogen) atoms. The molecule has 0 bridgehead atoms. The van der Waals surface area contributed by atoms with Crippen molar-refractivity contribution in [3.05, 3.63) is 54.0 Å². The minimum atomic E-state index is -0.152. The van der Waals surface area contributed by atoms with Crippen molar-refractivity contribution >= 4 is 33.7 Å². The Balaban J connectivity index is 1.35. The van der Waals surface area contributed by atoms with E-state index in [2.05, 4.69) is 15.5 Å². The number of hydrogen-bond donors (Lipinski definition) is 1. The summed E-state index contributed by atoms with van der Waals surface area (Å²) < 4.78 is 11.0. The highest BCUT2D eigenvalue weighted by molar-refractivity contribution is 5.95. The molecule has 1 aliphatic rings. The summed E-state index contributed by atoms with van der Waals surface area (Å²) in [6.07, 6.45) is 2.43. The third-order valence-corrected chi connectivity index (χ3v) is 4.40. The van der Waals surface area contributed by atoms with Crippen molar-refractivity contribution in [2.45, 2.75) is 25.2 Å². The van der Waals surface area contributed by atoms with Gasteiger partial charge in [-0.3, -0.25) is 4.79 Å². The van der Waals surface area contributed by atoms with Gasteiger partial charge in [-0.2, -0.15) is 0 Å². The molecule has 1 amide bonds. The van der Waals surface area contributed by atoms with Crippen LogP contribution in [0, 0.1) is 0 Å². The zero-order valence-corrected chi connectivity index (χ0v) is 13.4. The van der Waals surface area contributed by atoms with E-state index in [-0.39, 0.29) is 12.3 Å². The van der Waals surface area contributed by atoms with Gasteiger partial charge in [-0.05, 0) is 37.1 Å². The largest absolute Gasteiger partial charge is 0.440 e. The number of nitrogens with one attached hydrogen (secondary N) is 1. The summed E-state index contributed by atoms with van der Waals surface area (Å²) in [6, 6.07) is 13.0. The summed E-state index contributed by atoms with van der Waals surface area (Å²) in [6.45, 7) is 0. The lowest BCUT2D eigenvalue weighted by atomic mass is 10.1. The number of fused-ring (bicyclic) bond motifs is 2. The van der Waals surface area contributed by atoms with Crippen molar-refractivity contribution < 1.29 is 13.7 Å². The molecule has 0 atom stereocenters. The molecule has 6 heteroatoms. The average molecular weight is 333 g/mol. The second-order valence-electron chi connectivity index (χ2n) is 6.36. The van der Waals surface area contributed by atoms with Crippen LogP contribution in [0.15, 0.2) is 51.4 Å². The number of nitrogens with zero attached hydrogens (tertiary/aromatic N) is 2. The van der Waals surface area contributed by atoms with Crippen molar-refractivity contribution in [3.8, 4) is 0 Å². The molecular formula is C19H15N3O3. The summed E-state index contributed by atoms with van der Waals surface area (Å²) in [5, 5.41) is 7.73. The van der Waals surface area contributed by atoms with Gasteiger partial charge in [0.2, 0.25) is 5.91 Å². The van der Waals surface area contributed by atoms with Crippen molar-refractivity contribution in [2.24, 2.45) is 0 Å². The van der Waals surface area contributed by atoms with Crippen LogP contribution in [0.5, 0.6) is 0 Å². The maximum absolute atomic E-state index is 12.3. The summed E-state index contributed by atoms with van der Waals surface area (Å²) in [4.78, 5) is 16.8. The Morgan fingerprint density at radius 3 is 2.92 bits per heavy atom. The predicted octanol–water partition coefficient (Wildman–Crippen LogP) is 4.03. The number of rotatable bonds is 4. The maximum Gasteiger partial charge on any atom is 0.230 e. The first kappa shape index (κ1) is 14.2. The van der Waals surface area contributed by atoms with Crippen molar-refractivity contribution in [3.63, 3.8) is 0 Å². The molecule has 0 aliphatic heterocycles. The zero-order valence-electron chi connectivity index (χ0n) is 13.4. The Bertz CT molecular complexity index is 1090. The van der Waals surface area contributed by atoms with Crippen LogP contribution in [0.3, 0.4) is 0 Å². The molecule has 2 aromatic carbocycles. The maximum atomic E-state index is 12.3. The Morgan fingerprint density at radius 1 is 1.16 bits per heavy atom. The van der Waals surface area contributed by atoms with E-state index in [0.717, 1.165) is 29.6 Å². The van der Waals surface area contributed by atoms with Gasteiger partial charge >= 0.3 is 0 Å². The molecule has 4 aromatic rings. The minimum absolute atomic E-state index is 0.152. The molecular weight excluding hydrogens is 318 g/mol. The van der Waals surface area contributed by atoms with Crippen LogP contribution in [0.25, 0.3) is 22.1 Å². The second kappa shape index (κ2) is 5.44. The van der Waals surface area contributed by atoms with Crippen LogP contribution >= 0.6 is 0 Å². The standard InChI is InChI=1S/C19H15N3O3/c23-18(10-15-13-3-1-2-4-16(13)25-22-15)20-12-7-8-14-17(9-12)24-19(21-14)11-5-6-11/h1-4,7-9,11H,5-6,10H2,(H,20,23). The first-order chi connectivity index (χ1) is 12.3. The summed E-state index contributed by atoms with van der Waals surface area (Å²) in [5.41, 5.74) is 3.52. The number of benzene rings is 2. The molecule has 1 N–H and O–H groups in total. The third-order valence-electron chi connectivity index (χ3n) is 4.40. The molecule has 2 heterocycles. The van der Waals surface area contributed by atoms with Gasteiger partial charge in [0, 0.05) is 23.1 Å². The first-order valence-electron chi connectivity index (χ1n) is 8.30. The molecule has 1 aliphatic carbocycles.